The van der Waals surface area contributed by atoms with Crippen molar-refractivity contribution in [2.24, 2.45) is 0 Å². The van der Waals surface area contributed by atoms with Crippen LogP contribution >= 0.6 is 0 Å². The fourth-order valence-electron chi connectivity index (χ4n) is 1.50. The third kappa shape index (κ3) is 5.90. The Morgan fingerprint density at radius 1 is 1.33 bits per heavy atom. The van der Waals surface area contributed by atoms with Crippen LogP contribution in [0.3, 0.4) is 0 Å². The van der Waals surface area contributed by atoms with Gasteiger partial charge >= 0.3 is 0 Å². The molecule has 1 atom stereocenters. The number of nitrogens with zero attached hydrogens (tertiary/aromatic N) is 1. The monoisotopic (exact) mass is 129 g/mol. The SMILES string of the molecule is CCC(C)[BH2-][N+](C)(C)C. The van der Waals surface area contributed by atoms with Gasteiger partial charge in [0, 0.05) is 21.1 Å². The Kier molecular flexibility index (Phi) is 3.27. The summed E-state index contributed by atoms with van der Waals surface area (Å²) in [5.41, 5.74) is 0. The van der Waals surface area contributed by atoms with Crippen LogP contribution in [-0.4, -0.2) is 33.0 Å². The van der Waals surface area contributed by atoms with Crippen LogP contribution in [0, 0.1) is 0 Å². The summed E-state index contributed by atoms with van der Waals surface area (Å²) in [6.45, 7) is 4.65. The summed E-state index contributed by atoms with van der Waals surface area (Å²) in [6.07, 6.45) is 1.36. The summed E-state index contributed by atoms with van der Waals surface area (Å²) in [5, 5.41) is 0. The fourth-order valence-corrected chi connectivity index (χ4v) is 1.50. The van der Waals surface area contributed by atoms with Gasteiger partial charge in [-0.2, -0.15) is 0 Å². The zero-order valence-corrected chi connectivity index (χ0v) is 7.73. The molecule has 0 N–H and O–H groups in total. The van der Waals surface area contributed by atoms with Gasteiger partial charge in [-0.1, -0.05) is 20.3 Å². The van der Waals surface area contributed by atoms with Crippen LogP contribution < -0.4 is 0 Å². The molecule has 0 rings (SSSR count). The van der Waals surface area contributed by atoms with Gasteiger partial charge < -0.3 is 4.39 Å². The lowest BCUT2D eigenvalue weighted by molar-refractivity contribution is -0.756. The molecular formula is C7H20BN. The predicted molar refractivity (Wildman–Crippen MR) is 46.3 cm³/mol. The summed E-state index contributed by atoms with van der Waals surface area (Å²) < 4.78 is 1.22. The largest absolute Gasteiger partial charge is 0.527 e. The number of hydrogen-bond donors (Lipinski definition) is 0. The Labute approximate surface area is 59.9 Å². The number of rotatable bonds is 3. The van der Waals surface area contributed by atoms with Crippen LogP contribution in [0.15, 0.2) is 0 Å². The first-order valence-electron chi connectivity index (χ1n) is 4.06. The predicted octanol–water partition coefficient (Wildman–Crippen LogP) is 0.995. The molecule has 0 radical (unpaired) electrons. The smallest absolute Gasteiger partial charge is 0.184 e. The molecule has 56 valence electrons. The molecule has 9 heavy (non-hydrogen) atoms. The Balaban J connectivity index is 3.47. The molecule has 0 aromatic carbocycles. The number of hydrogen-bond acceptors (Lipinski definition) is 0. The molecule has 1 nitrogen and oxygen atoms in total. The van der Waals surface area contributed by atoms with Crippen LogP contribution in [-0.2, 0) is 0 Å². The van der Waals surface area contributed by atoms with E-state index in [1.54, 1.807) is 0 Å². The molecule has 0 aromatic rings. The van der Waals surface area contributed by atoms with E-state index in [-0.39, 0.29) is 7.41 Å². The summed E-state index contributed by atoms with van der Waals surface area (Å²) in [4.78, 5) is 0. The molecule has 0 amide bonds. The lowest BCUT2D eigenvalue weighted by Crippen LogP contribution is -2.40. The van der Waals surface area contributed by atoms with Crippen LogP contribution in [0.1, 0.15) is 20.3 Å². The molecule has 0 heterocycles. The second-order valence-electron chi connectivity index (χ2n) is 4.74. The topological polar surface area (TPSA) is 0 Å². The van der Waals surface area contributed by atoms with Crippen molar-refractivity contribution < 1.29 is 4.39 Å². The zero-order chi connectivity index (χ0) is 7.49. The molecule has 0 spiro atoms. The van der Waals surface area contributed by atoms with Crippen molar-refractivity contribution in [3.63, 3.8) is 0 Å². The summed E-state index contributed by atoms with van der Waals surface area (Å²) in [7, 11) is 7.12. The molecule has 0 saturated heterocycles. The van der Waals surface area contributed by atoms with Crippen molar-refractivity contribution in [2.45, 2.75) is 26.1 Å². The summed E-state index contributed by atoms with van der Waals surface area (Å²) >= 11 is 0. The molecule has 0 fully saturated rings. The highest BCUT2D eigenvalue weighted by atomic mass is 15.2. The molecule has 0 aliphatic heterocycles. The first-order chi connectivity index (χ1) is 3.95. The van der Waals surface area contributed by atoms with E-state index < -0.39 is 0 Å². The lowest BCUT2D eigenvalue weighted by Gasteiger charge is -2.36. The Hall–Kier alpha value is 0.0249. The van der Waals surface area contributed by atoms with Gasteiger partial charge in [0.1, 0.15) is 0 Å². The second-order valence-corrected chi connectivity index (χ2v) is 4.74. The third-order valence-electron chi connectivity index (χ3n) is 2.03. The highest BCUT2D eigenvalue weighted by molar-refractivity contribution is 6.28. The minimum atomic E-state index is 0.229. The van der Waals surface area contributed by atoms with Gasteiger partial charge in [-0.15, -0.1) is 5.82 Å². The number of quaternary nitrogens is 1. The highest BCUT2D eigenvalue weighted by Gasteiger charge is 2.04. The van der Waals surface area contributed by atoms with E-state index in [1.165, 1.54) is 10.8 Å². The molecule has 0 aliphatic carbocycles. The maximum atomic E-state index is 2.36. The highest BCUT2D eigenvalue weighted by Crippen LogP contribution is 2.08. The van der Waals surface area contributed by atoms with Crippen LogP contribution in [0.25, 0.3) is 0 Å². The van der Waals surface area contributed by atoms with Gasteiger partial charge in [0.25, 0.3) is 0 Å². The van der Waals surface area contributed by atoms with Gasteiger partial charge in [0.05, 0.1) is 0 Å². The van der Waals surface area contributed by atoms with E-state index >= 15 is 0 Å². The van der Waals surface area contributed by atoms with E-state index in [0.29, 0.717) is 0 Å². The van der Waals surface area contributed by atoms with Gasteiger partial charge in [-0.3, -0.25) is 0 Å². The van der Waals surface area contributed by atoms with Crippen LogP contribution in [0.4, 0.5) is 0 Å². The Bertz CT molecular complexity index is 75.5. The van der Waals surface area contributed by atoms with Crippen molar-refractivity contribution in [2.75, 3.05) is 21.1 Å². The third-order valence-corrected chi connectivity index (χ3v) is 2.03. The van der Waals surface area contributed by atoms with E-state index in [1.807, 2.05) is 0 Å². The molecule has 0 aliphatic rings. The molecule has 0 saturated carbocycles. The zero-order valence-electron chi connectivity index (χ0n) is 7.73. The van der Waals surface area contributed by atoms with E-state index in [0.717, 1.165) is 5.82 Å². The van der Waals surface area contributed by atoms with Crippen LogP contribution in [0.2, 0.25) is 5.82 Å². The Morgan fingerprint density at radius 2 is 1.78 bits per heavy atom. The summed E-state index contributed by atoms with van der Waals surface area (Å²) in [5.74, 6) is 0.991. The van der Waals surface area contributed by atoms with Gasteiger partial charge in [-0.25, -0.2) is 0 Å². The van der Waals surface area contributed by atoms with Gasteiger partial charge in [0.15, 0.2) is 7.41 Å². The fraction of sp³-hybridized carbons (Fsp3) is 1.00. The van der Waals surface area contributed by atoms with Gasteiger partial charge in [0.2, 0.25) is 0 Å². The van der Waals surface area contributed by atoms with E-state index in [2.05, 4.69) is 35.0 Å². The summed E-state index contributed by atoms with van der Waals surface area (Å²) in [6, 6.07) is 0. The van der Waals surface area contributed by atoms with Crippen molar-refractivity contribution in [3.8, 4) is 0 Å². The second kappa shape index (κ2) is 3.26. The standard InChI is InChI=1S/C7H20BN/c1-6-7(2)8-9(3,4)5/h7H,6,8H2,1-5H3. The first-order valence-corrected chi connectivity index (χ1v) is 4.06. The van der Waals surface area contributed by atoms with E-state index in [4.69, 9.17) is 0 Å². The van der Waals surface area contributed by atoms with Crippen molar-refractivity contribution >= 4 is 7.41 Å². The van der Waals surface area contributed by atoms with Crippen molar-refractivity contribution in [1.29, 1.82) is 0 Å². The first kappa shape index (κ1) is 9.02. The average molecular weight is 129 g/mol. The normalized spacial score (nSPS) is 15.7. The molecule has 1 unspecified atom stereocenters. The molecule has 0 bridgehead atoms. The quantitative estimate of drug-likeness (QED) is 0.498. The molecule has 0 aromatic heterocycles. The minimum Gasteiger partial charge on any atom is -0.527 e. The molecule has 2 heteroatoms. The molecular weight excluding hydrogens is 109 g/mol. The minimum absolute atomic E-state index is 0.229. The maximum Gasteiger partial charge on any atom is 0.184 e. The van der Waals surface area contributed by atoms with Crippen molar-refractivity contribution in [3.05, 3.63) is 0 Å². The van der Waals surface area contributed by atoms with Crippen LogP contribution in [0.5, 0.6) is 0 Å². The van der Waals surface area contributed by atoms with Gasteiger partial charge in [-0.05, 0) is 0 Å². The Morgan fingerprint density at radius 3 is 1.89 bits per heavy atom. The average Bonchev–Trinajstić information content (AvgIpc) is 1.62. The van der Waals surface area contributed by atoms with Crippen molar-refractivity contribution in [1.82, 2.24) is 0 Å². The van der Waals surface area contributed by atoms with E-state index in [9.17, 15) is 0 Å². The lowest BCUT2D eigenvalue weighted by atomic mass is 9.72. The maximum absolute atomic E-state index is 2.36.